The van der Waals surface area contributed by atoms with Gasteiger partial charge in [-0.15, -0.1) is 6.58 Å². The fraction of sp³-hybridized carbons (Fsp3) is 0.389. The summed E-state index contributed by atoms with van der Waals surface area (Å²) in [4.78, 5) is 4.57. The number of hydrogen-bond donors (Lipinski definition) is 1. The molecule has 1 N–H and O–H groups in total. The number of nitrogens with one attached hydrogen (secondary N) is 1. The molecule has 0 aliphatic heterocycles. The van der Waals surface area contributed by atoms with Crippen LogP contribution >= 0.6 is 0 Å². The van der Waals surface area contributed by atoms with Gasteiger partial charge in [0.1, 0.15) is 0 Å². The van der Waals surface area contributed by atoms with E-state index < -0.39 is 0 Å². The molecule has 0 aliphatic carbocycles. The summed E-state index contributed by atoms with van der Waals surface area (Å²) >= 11 is 0. The van der Waals surface area contributed by atoms with Gasteiger partial charge in [0, 0.05) is 18.3 Å². The molecule has 0 bridgehead atoms. The third-order valence-corrected chi connectivity index (χ3v) is 3.55. The average molecular weight is 283 g/mol. The Morgan fingerprint density at radius 3 is 2.67 bits per heavy atom. The second-order valence-corrected chi connectivity index (χ2v) is 6.14. The SMILES string of the molecule is C=CCn1cc(C)nc1NC(C)(C)CCc1ccccc1. The number of benzene rings is 1. The molecule has 0 unspecified atom stereocenters. The molecule has 0 saturated heterocycles. The number of allylic oxidation sites excluding steroid dienone is 1. The molecule has 0 amide bonds. The van der Waals surface area contributed by atoms with Crippen molar-refractivity contribution in [3.05, 3.63) is 60.4 Å². The molecule has 1 heterocycles. The van der Waals surface area contributed by atoms with Gasteiger partial charge in [0.15, 0.2) is 0 Å². The highest BCUT2D eigenvalue weighted by molar-refractivity contribution is 5.33. The lowest BCUT2D eigenvalue weighted by molar-refractivity contribution is 0.510. The predicted molar refractivity (Wildman–Crippen MR) is 89.6 cm³/mol. The van der Waals surface area contributed by atoms with Gasteiger partial charge in [0.25, 0.3) is 0 Å². The van der Waals surface area contributed by atoms with Crippen LogP contribution in [0.4, 0.5) is 5.95 Å². The Labute approximate surface area is 127 Å². The molecule has 1 aromatic carbocycles. The first-order valence-corrected chi connectivity index (χ1v) is 7.47. The highest BCUT2D eigenvalue weighted by Crippen LogP contribution is 2.20. The molecule has 0 radical (unpaired) electrons. The van der Waals surface area contributed by atoms with Gasteiger partial charge >= 0.3 is 0 Å². The Bertz CT molecular complexity index is 582. The van der Waals surface area contributed by atoms with E-state index in [-0.39, 0.29) is 5.54 Å². The fourth-order valence-corrected chi connectivity index (χ4v) is 2.39. The van der Waals surface area contributed by atoms with E-state index in [0.29, 0.717) is 0 Å². The molecule has 3 heteroatoms. The standard InChI is InChI=1S/C18H25N3/c1-5-13-21-14-15(2)19-17(21)20-18(3,4)12-11-16-9-7-6-8-10-16/h5-10,14H,1,11-13H2,2-4H3,(H,19,20). The lowest BCUT2D eigenvalue weighted by Gasteiger charge is -2.27. The number of anilines is 1. The van der Waals surface area contributed by atoms with Gasteiger partial charge in [-0.3, -0.25) is 0 Å². The maximum Gasteiger partial charge on any atom is 0.203 e. The van der Waals surface area contributed by atoms with Crippen molar-refractivity contribution in [3.63, 3.8) is 0 Å². The summed E-state index contributed by atoms with van der Waals surface area (Å²) in [6.45, 7) is 11.0. The van der Waals surface area contributed by atoms with Crippen molar-refractivity contribution in [1.29, 1.82) is 0 Å². The quantitative estimate of drug-likeness (QED) is 0.772. The summed E-state index contributed by atoms with van der Waals surface area (Å²) in [5.74, 6) is 0.922. The Kier molecular flexibility index (Phi) is 4.84. The summed E-state index contributed by atoms with van der Waals surface area (Å²) in [5, 5.41) is 3.57. The predicted octanol–water partition coefficient (Wildman–Crippen LogP) is 4.20. The van der Waals surface area contributed by atoms with E-state index in [0.717, 1.165) is 31.0 Å². The van der Waals surface area contributed by atoms with Gasteiger partial charge in [0.2, 0.25) is 5.95 Å². The molecule has 2 aromatic rings. The molecular formula is C18H25N3. The van der Waals surface area contributed by atoms with E-state index in [4.69, 9.17) is 0 Å². The minimum absolute atomic E-state index is 0.00739. The summed E-state index contributed by atoms with van der Waals surface area (Å²) < 4.78 is 2.10. The Morgan fingerprint density at radius 2 is 2.00 bits per heavy atom. The van der Waals surface area contributed by atoms with Crippen LogP contribution in [0.2, 0.25) is 0 Å². The molecule has 112 valence electrons. The van der Waals surface area contributed by atoms with E-state index in [2.05, 4.69) is 71.8 Å². The molecule has 1 aromatic heterocycles. The first-order chi connectivity index (χ1) is 10.00. The van der Waals surface area contributed by atoms with Crippen molar-refractivity contribution in [1.82, 2.24) is 9.55 Å². The first kappa shape index (κ1) is 15.4. The zero-order chi connectivity index (χ0) is 15.3. The lowest BCUT2D eigenvalue weighted by atomic mass is 9.95. The first-order valence-electron chi connectivity index (χ1n) is 7.47. The van der Waals surface area contributed by atoms with E-state index in [9.17, 15) is 0 Å². The van der Waals surface area contributed by atoms with Gasteiger partial charge in [-0.1, -0.05) is 36.4 Å². The van der Waals surface area contributed by atoms with Gasteiger partial charge in [0.05, 0.1) is 5.69 Å². The summed E-state index contributed by atoms with van der Waals surface area (Å²) in [7, 11) is 0. The summed E-state index contributed by atoms with van der Waals surface area (Å²) in [6.07, 6.45) is 6.06. The molecule has 3 nitrogen and oxygen atoms in total. The number of imidazole rings is 1. The Hall–Kier alpha value is -2.03. The van der Waals surface area contributed by atoms with Crippen LogP contribution in [0.1, 0.15) is 31.5 Å². The van der Waals surface area contributed by atoms with E-state index >= 15 is 0 Å². The largest absolute Gasteiger partial charge is 0.351 e. The van der Waals surface area contributed by atoms with Crippen LogP contribution in [0.25, 0.3) is 0 Å². The van der Waals surface area contributed by atoms with Crippen LogP contribution < -0.4 is 5.32 Å². The molecule has 0 spiro atoms. The summed E-state index contributed by atoms with van der Waals surface area (Å²) in [5.41, 5.74) is 2.39. The van der Waals surface area contributed by atoms with Crippen molar-refractivity contribution in [2.75, 3.05) is 5.32 Å². The van der Waals surface area contributed by atoms with Crippen molar-refractivity contribution in [2.24, 2.45) is 0 Å². The molecule has 2 rings (SSSR count). The molecule has 0 aliphatic rings. The normalized spacial score (nSPS) is 11.4. The zero-order valence-corrected chi connectivity index (χ0v) is 13.3. The van der Waals surface area contributed by atoms with Gasteiger partial charge < -0.3 is 9.88 Å². The highest BCUT2D eigenvalue weighted by Gasteiger charge is 2.20. The third kappa shape index (κ3) is 4.48. The maximum atomic E-state index is 4.57. The number of rotatable bonds is 7. The van der Waals surface area contributed by atoms with E-state index in [1.165, 1.54) is 5.56 Å². The third-order valence-electron chi connectivity index (χ3n) is 3.55. The smallest absolute Gasteiger partial charge is 0.203 e. The van der Waals surface area contributed by atoms with Gasteiger partial charge in [-0.25, -0.2) is 4.98 Å². The number of aromatic nitrogens is 2. The molecule has 0 fully saturated rings. The fourth-order valence-electron chi connectivity index (χ4n) is 2.39. The van der Waals surface area contributed by atoms with Crippen LogP contribution in [0.5, 0.6) is 0 Å². The van der Waals surface area contributed by atoms with Crippen molar-refractivity contribution >= 4 is 5.95 Å². The molecule has 0 saturated carbocycles. The van der Waals surface area contributed by atoms with E-state index in [1.54, 1.807) is 0 Å². The van der Waals surface area contributed by atoms with Gasteiger partial charge in [-0.2, -0.15) is 0 Å². The van der Waals surface area contributed by atoms with E-state index in [1.807, 2.05) is 13.0 Å². The molecule has 21 heavy (non-hydrogen) atoms. The second-order valence-electron chi connectivity index (χ2n) is 6.14. The monoisotopic (exact) mass is 283 g/mol. The Morgan fingerprint density at radius 1 is 1.29 bits per heavy atom. The number of hydrogen-bond acceptors (Lipinski definition) is 2. The van der Waals surface area contributed by atoms with Gasteiger partial charge in [-0.05, 0) is 39.2 Å². The van der Waals surface area contributed by atoms with Crippen LogP contribution in [-0.2, 0) is 13.0 Å². The molecule has 0 atom stereocenters. The number of nitrogens with zero attached hydrogens (tertiary/aromatic N) is 2. The minimum atomic E-state index is -0.00739. The minimum Gasteiger partial charge on any atom is -0.351 e. The number of aryl methyl sites for hydroxylation is 2. The van der Waals surface area contributed by atoms with Crippen molar-refractivity contribution < 1.29 is 0 Å². The second kappa shape index (κ2) is 6.61. The van der Waals surface area contributed by atoms with Crippen molar-refractivity contribution in [2.45, 2.75) is 45.7 Å². The van der Waals surface area contributed by atoms with Crippen LogP contribution in [-0.4, -0.2) is 15.1 Å². The van der Waals surface area contributed by atoms with Crippen LogP contribution in [0.3, 0.4) is 0 Å². The highest BCUT2D eigenvalue weighted by atomic mass is 15.2. The Balaban J connectivity index is 2.01. The molecular weight excluding hydrogens is 258 g/mol. The lowest BCUT2D eigenvalue weighted by Crippen LogP contribution is -2.33. The van der Waals surface area contributed by atoms with Crippen molar-refractivity contribution in [3.8, 4) is 0 Å². The summed E-state index contributed by atoms with van der Waals surface area (Å²) in [6, 6.07) is 10.6. The van der Waals surface area contributed by atoms with Crippen LogP contribution in [0.15, 0.2) is 49.2 Å². The average Bonchev–Trinajstić information content (AvgIpc) is 2.77. The topological polar surface area (TPSA) is 29.9 Å². The van der Waals surface area contributed by atoms with Crippen LogP contribution in [0, 0.1) is 6.92 Å². The maximum absolute atomic E-state index is 4.57. The zero-order valence-electron chi connectivity index (χ0n) is 13.3.